The maximum Gasteiger partial charge on any atom is 0.228 e. The van der Waals surface area contributed by atoms with E-state index in [0.717, 1.165) is 36.4 Å². The minimum atomic E-state index is -2.52. The van der Waals surface area contributed by atoms with Crippen molar-refractivity contribution in [2.24, 2.45) is 34.3 Å². The number of rotatable bonds is 7. The highest BCUT2D eigenvalue weighted by molar-refractivity contribution is 7.80. The van der Waals surface area contributed by atoms with Crippen LogP contribution in [0.1, 0.15) is 44.9 Å². The van der Waals surface area contributed by atoms with Gasteiger partial charge in [-0.3, -0.25) is 18.1 Å². The molecule has 3 unspecified atom stereocenters. The van der Waals surface area contributed by atoms with Crippen LogP contribution in [0.4, 0.5) is 5.88 Å². The Labute approximate surface area is 172 Å². The zero-order valence-electron chi connectivity index (χ0n) is 16.2. The van der Waals surface area contributed by atoms with E-state index in [-0.39, 0.29) is 47.5 Å². The molecule has 5 aliphatic rings. The molecule has 1 heterocycles. The number of anilines is 1. The Morgan fingerprint density at radius 1 is 1.28 bits per heavy atom. The van der Waals surface area contributed by atoms with Gasteiger partial charge in [-0.2, -0.15) is 0 Å². The molecule has 5 saturated carbocycles. The smallest absolute Gasteiger partial charge is 0.228 e. The molecule has 4 bridgehead atoms. The van der Waals surface area contributed by atoms with Crippen molar-refractivity contribution in [2.45, 2.75) is 51.0 Å². The van der Waals surface area contributed by atoms with Crippen molar-refractivity contribution < 1.29 is 22.8 Å². The average Bonchev–Trinajstić information content (AvgIpc) is 3.26. The van der Waals surface area contributed by atoms with Crippen molar-refractivity contribution in [3.63, 3.8) is 0 Å². The zero-order valence-corrected chi connectivity index (χ0v) is 17.0. The van der Waals surface area contributed by atoms with Gasteiger partial charge in [0.2, 0.25) is 17.7 Å². The van der Waals surface area contributed by atoms with Crippen LogP contribution >= 0.6 is 0 Å². The Morgan fingerprint density at radius 3 is 2.48 bits per heavy atom. The SMILES string of the molecule is NC(=O)C12CC3CC(C1)C(NC(=O)C1(CN(c4ccco4)S(=O)[O-])CC1)C(C3)C2. The van der Waals surface area contributed by atoms with Crippen LogP contribution in [0, 0.1) is 28.6 Å². The molecule has 6 rings (SSSR count). The number of nitrogens with zero attached hydrogens (tertiary/aromatic N) is 1. The molecule has 0 saturated heterocycles. The van der Waals surface area contributed by atoms with Gasteiger partial charge in [0.05, 0.1) is 11.7 Å². The van der Waals surface area contributed by atoms with Crippen molar-refractivity contribution in [1.82, 2.24) is 5.32 Å². The summed E-state index contributed by atoms with van der Waals surface area (Å²) in [6.07, 6.45) is 7.21. The van der Waals surface area contributed by atoms with Crippen molar-refractivity contribution in [3.05, 3.63) is 18.4 Å². The average molecular weight is 421 g/mol. The van der Waals surface area contributed by atoms with Gasteiger partial charge in [-0.15, -0.1) is 0 Å². The lowest BCUT2D eigenvalue weighted by atomic mass is 9.47. The Bertz CT molecular complexity index is 836. The highest BCUT2D eigenvalue weighted by Gasteiger charge is 2.59. The predicted molar refractivity (Wildman–Crippen MR) is 104 cm³/mol. The topological polar surface area (TPSA) is 129 Å². The van der Waals surface area contributed by atoms with Gasteiger partial charge in [-0.25, -0.2) is 0 Å². The molecule has 9 heteroatoms. The highest BCUT2D eigenvalue weighted by Crippen LogP contribution is 2.60. The van der Waals surface area contributed by atoms with Gasteiger partial charge in [0.1, 0.15) is 0 Å². The van der Waals surface area contributed by atoms with Crippen molar-refractivity contribution >= 4 is 29.0 Å². The molecule has 1 aromatic heterocycles. The third-order valence-corrected chi connectivity index (χ3v) is 8.48. The lowest BCUT2D eigenvalue weighted by molar-refractivity contribution is -0.148. The normalized spacial score (nSPS) is 37.1. The number of nitrogens with two attached hydrogens (primary N) is 1. The summed E-state index contributed by atoms with van der Waals surface area (Å²) in [5.74, 6) is 1.04. The molecule has 8 nitrogen and oxygen atoms in total. The number of amides is 2. The van der Waals surface area contributed by atoms with Crippen LogP contribution in [0.5, 0.6) is 0 Å². The van der Waals surface area contributed by atoms with E-state index < -0.39 is 16.7 Å². The minimum absolute atomic E-state index is 0.0545. The van der Waals surface area contributed by atoms with Gasteiger partial charge >= 0.3 is 0 Å². The fraction of sp³-hybridized carbons (Fsp3) is 0.700. The van der Waals surface area contributed by atoms with Crippen LogP contribution in [-0.2, 0) is 20.9 Å². The first-order valence-corrected chi connectivity index (χ1v) is 11.4. The summed E-state index contributed by atoms with van der Waals surface area (Å²) < 4.78 is 29.8. The van der Waals surface area contributed by atoms with Gasteiger partial charge < -0.3 is 20.0 Å². The summed E-state index contributed by atoms with van der Waals surface area (Å²) in [6, 6.07) is 3.25. The van der Waals surface area contributed by atoms with E-state index in [4.69, 9.17) is 10.2 Å². The molecule has 0 radical (unpaired) electrons. The van der Waals surface area contributed by atoms with Gasteiger partial charge in [-0.1, -0.05) is 0 Å². The van der Waals surface area contributed by atoms with E-state index in [1.54, 1.807) is 12.1 Å². The van der Waals surface area contributed by atoms with Crippen molar-refractivity contribution in [3.8, 4) is 0 Å². The number of hydrogen-bond donors (Lipinski definition) is 2. The number of hydrogen-bond acceptors (Lipinski definition) is 5. The third-order valence-electron chi connectivity index (χ3n) is 7.81. The quantitative estimate of drug-likeness (QED) is 0.645. The summed E-state index contributed by atoms with van der Waals surface area (Å²) in [5, 5.41) is 3.26. The maximum atomic E-state index is 13.2. The molecule has 158 valence electrons. The molecule has 5 fully saturated rings. The number of nitrogens with one attached hydrogen (secondary N) is 1. The largest absolute Gasteiger partial charge is 0.755 e. The first-order valence-electron chi connectivity index (χ1n) is 10.3. The molecular formula is C20H26N3O5S-. The lowest BCUT2D eigenvalue weighted by Gasteiger charge is -2.59. The van der Waals surface area contributed by atoms with Gasteiger partial charge in [0, 0.05) is 35.3 Å². The lowest BCUT2D eigenvalue weighted by Crippen LogP contribution is -2.62. The van der Waals surface area contributed by atoms with Crippen molar-refractivity contribution in [2.75, 3.05) is 10.8 Å². The van der Waals surface area contributed by atoms with Crippen LogP contribution < -0.4 is 15.4 Å². The molecule has 0 spiro atoms. The molecule has 0 aromatic carbocycles. The van der Waals surface area contributed by atoms with E-state index in [2.05, 4.69) is 5.32 Å². The van der Waals surface area contributed by atoms with Gasteiger partial charge in [0.15, 0.2) is 0 Å². The molecule has 2 amide bonds. The molecule has 29 heavy (non-hydrogen) atoms. The maximum absolute atomic E-state index is 13.2. The zero-order chi connectivity index (χ0) is 20.4. The first kappa shape index (κ1) is 19.1. The van der Waals surface area contributed by atoms with E-state index in [1.807, 2.05) is 0 Å². The number of primary amides is 1. The molecular weight excluding hydrogens is 394 g/mol. The summed E-state index contributed by atoms with van der Waals surface area (Å²) in [4.78, 5) is 25.3. The van der Waals surface area contributed by atoms with Crippen LogP contribution in [0.2, 0.25) is 0 Å². The van der Waals surface area contributed by atoms with Gasteiger partial charge in [0.25, 0.3) is 0 Å². The van der Waals surface area contributed by atoms with Crippen LogP contribution in [0.3, 0.4) is 0 Å². The molecule has 5 aliphatic carbocycles. The molecule has 3 atom stereocenters. The second kappa shape index (κ2) is 6.57. The van der Waals surface area contributed by atoms with Crippen molar-refractivity contribution in [1.29, 1.82) is 0 Å². The Morgan fingerprint density at radius 2 is 1.97 bits per heavy atom. The fourth-order valence-corrected chi connectivity index (χ4v) is 6.97. The predicted octanol–water partition coefficient (Wildman–Crippen LogP) is 1.46. The highest BCUT2D eigenvalue weighted by atomic mass is 32.2. The van der Waals surface area contributed by atoms with E-state index in [9.17, 15) is 18.4 Å². The summed E-state index contributed by atoms with van der Waals surface area (Å²) in [5.41, 5.74) is 4.66. The second-order valence-electron chi connectivity index (χ2n) is 9.60. The Kier molecular flexibility index (Phi) is 4.33. The Hall–Kier alpha value is -1.87. The van der Waals surface area contributed by atoms with Crippen LogP contribution in [0.15, 0.2) is 22.8 Å². The monoisotopic (exact) mass is 420 g/mol. The second-order valence-corrected chi connectivity index (χ2v) is 10.5. The summed E-state index contributed by atoms with van der Waals surface area (Å²) in [7, 11) is 0. The summed E-state index contributed by atoms with van der Waals surface area (Å²) in [6.45, 7) is 0.0817. The first-order chi connectivity index (χ1) is 13.8. The number of furan rings is 1. The Balaban J connectivity index is 1.30. The van der Waals surface area contributed by atoms with Gasteiger partial charge in [-0.05, 0) is 68.8 Å². The van der Waals surface area contributed by atoms with Crippen LogP contribution in [-0.4, -0.2) is 33.2 Å². The number of carbonyl (C=O) groups excluding carboxylic acids is 2. The molecule has 0 aliphatic heterocycles. The standard InChI is InChI=1S/C20H27N3O5S/c21-17(24)20-8-12-6-13(9-20)16(14(7-12)10-20)22-18(25)19(3-4-19)11-23(29(26)27)15-2-1-5-28-15/h1-2,5,12-14,16H,3-4,6-11H2,(H2,21,24)(H,22,25)(H,26,27)/p-1. The van der Waals surface area contributed by atoms with E-state index in [0.29, 0.717) is 18.8 Å². The summed E-state index contributed by atoms with van der Waals surface area (Å²) >= 11 is -2.52. The van der Waals surface area contributed by atoms with Crippen LogP contribution in [0.25, 0.3) is 0 Å². The fourth-order valence-electron chi connectivity index (χ4n) is 6.36. The number of carbonyl (C=O) groups is 2. The molecule has 3 N–H and O–H groups in total. The van der Waals surface area contributed by atoms with E-state index in [1.165, 1.54) is 6.26 Å². The minimum Gasteiger partial charge on any atom is -0.755 e. The molecule has 1 aromatic rings. The third kappa shape index (κ3) is 3.09. The van der Waals surface area contributed by atoms with E-state index >= 15 is 0 Å².